The molecule has 2 fully saturated rings. The highest BCUT2D eigenvalue weighted by Gasteiger charge is 2.36. The molecule has 0 bridgehead atoms. The predicted molar refractivity (Wildman–Crippen MR) is 77.6 cm³/mol. The lowest BCUT2D eigenvalue weighted by atomic mass is 10.2. The van der Waals surface area contributed by atoms with Crippen LogP contribution in [0.5, 0.6) is 0 Å². The molecule has 19 heavy (non-hydrogen) atoms. The maximum Gasteiger partial charge on any atom is 0.0965 e. The van der Waals surface area contributed by atoms with Crippen LogP contribution in [0.4, 0.5) is 5.69 Å². The molecule has 0 unspecified atom stereocenters. The molecule has 1 spiro atoms. The zero-order valence-electron chi connectivity index (χ0n) is 18.1. The van der Waals surface area contributed by atoms with Gasteiger partial charge in [0, 0.05) is 18.2 Å². The number of halogens is 3. The second-order valence-electron chi connectivity index (χ2n) is 4.45. The number of quaternary nitrogens is 1. The summed E-state index contributed by atoms with van der Waals surface area (Å²) in [6, 6.07) is 5.13. The lowest BCUT2D eigenvalue weighted by molar-refractivity contribution is -0.917. The van der Waals surface area contributed by atoms with Crippen molar-refractivity contribution in [2.24, 2.45) is 0 Å². The van der Waals surface area contributed by atoms with Crippen molar-refractivity contribution in [3.63, 3.8) is 0 Å². The molecule has 2 saturated heterocycles. The minimum absolute atomic E-state index is 0. The molecule has 3 rings (SSSR count). The van der Waals surface area contributed by atoms with Crippen LogP contribution in [0.25, 0.3) is 0 Å². The third-order valence-corrected chi connectivity index (χ3v) is 4.19. The fraction of sp³-hybridized carbons (Fsp3) is 0.571. The number of hydrogen-bond donors (Lipinski definition) is 0. The van der Waals surface area contributed by atoms with Gasteiger partial charge in [-0.15, -0.1) is 0 Å². The van der Waals surface area contributed by atoms with Gasteiger partial charge in [0.2, 0.25) is 0 Å². The molecule has 0 atom stereocenters. The van der Waals surface area contributed by atoms with E-state index in [1.54, 1.807) is 18.2 Å². The maximum atomic E-state index is 8.31. The van der Waals surface area contributed by atoms with Gasteiger partial charge in [-0.1, -0.05) is 29.3 Å². The molecule has 0 aliphatic carbocycles. The fourth-order valence-electron chi connectivity index (χ4n) is 2.31. The van der Waals surface area contributed by atoms with Crippen molar-refractivity contribution >= 4 is 28.9 Å². The van der Waals surface area contributed by atoms with E-state index in [-0.39, 0.29) is 43.2 Å². The first-order valence-electron chi connectivity index (χ1n) is 9.81. The third kappa shape index (κ3) is 3.05. The van der Waals surface area contributed by atoms with Crippen molar-refractivity contribution in [3.8, 4) is 0 Å². The number of rotatable bonds is 1. The molecule has 0 N–H and O–H groups in total. The number of benzene rings is 1. The van der Waals surface area contributed by atoms with Gasteiger partial charge in [-0.25, -0.2) is 0 Å². The van der Waals surface area contributed by atoms with Crippen LogP contribution in [-0.2, 0) is 0 Å². The molecule has 2 heterocycles. The molecule has 2 aliphatic rings. The van der Waals surface area contributed by atoms with Gasteiger partial charge in [0.25, 0.3) is 0 Å². The second kappa shape index (κ2) is 6.21. The van der Waals surface area contributed by atoms with Crippen molar-refractivity contribution in [1.29, 1.82) is 0 Å². The summed E-state index contributed by atoms with van der Waals surface area (Å²) in [6.07, 6.45) is -5.95. The monoisotopic (exact) mass is 372 g/mol. The van der Waals surface area contributed by atoms with Crippen molar-refractivity contribution in [2.75, 3.05) is 44.1 Å². The molecule has 1 aromatic rings. The summed E-state index contributed by atoms with van der Waals surface area (Å²) in [6.45, 7) is -5.23. The van der Waals surface area contributed by atoms with Crippen LogP contribution < -0.4 is 21.9 Å². The maximum absolute atomic E-state index is 8.31. The molecular formula is C14H19BrCl2N2. The van der Waals surface area contributed by atoms with Gasteiger partial charge in [-0.05, 0) is 12.1 Å². The molecule has 0 radical (unpaired) electrons. The Bertz CT molecular complexity index is 710. The highest BCUT2D eigenvalue weighted by atomic mass is 79.9. The van der Waals surface area contributed by atoms with E-state index in [0.717, 1.165) is 0 Å². The lowest BCUT2D eigenvalue weighted by Gasteiger charge is -2.43. The Kier molecular flexibility index (Phi) is 2.58. The summed E-state index contributed by atoms with van der Waals surface area (Å²) in [5.74, 6) is 0. The minimum Gasteiger partial charge on any atom is -1.00 e. The second-order valence-corrected chi connectivity index (χ2v) is 5.23. The first-order chi connectivity index (χ1) is 11.7. The molecule has 1 aromatic carbocycles. The minimum atomic E-state index is -2.97. The van der Waals surface area contributed by atoms with Gasteiger partial charge in [0.15, 0.2) is 0 Å². The van der Waals surface area contributed by atoms with Gasteiger partial charge >= 0.3 is 0 Å². The van der Waals surface area contributed by atoms with Gasteiger partial charge < -0.3 is 26.4 Å². The Morgan fingerprint density at radius 2 is 1.74 bits per heavy atom. The Hall–Kier alpha value is 0.0400. The standard InChI is InChI=1S/C14H19Cl2N2.BrH/c15-12-4-3-5-13(14(12)16)17-6-10-18(11-7-17)8-1-2-9-18;/h3-5H,1-2,6-11H2;1H/q+1;/p-1/i1D2,2D2,8D2,9D2;. The molecule has 0 saturated carbocycles. The van der Waals surface area contributed by atoms with Crippen molar-refractivity contribution < 1.29 is 32.4 Å². The smallest absolute Gasteiger partial charge is 0.0965 e. The normalized spacial score (nSPS) is 38.3. The van der Waals surface area contributed by atoms with Crippen LogP contribution >= 0.6 is 23.2 Å². The highest BCUT2D eigenvalue weighted by molar-refractivity contribution is 6.43. The average Bonchev–Trinajstić information content (AvgIpc) is 2.61. The van der Waals surface area contributed by atoms with Crippen LogP contribution in [0, 0.1) is 0 Å². The molecular weight excluding hydrogens is 347 g/mol. The zero-order chi connectivity index (χ0) is 19.8. The van der Waals surface area contributed by atoms with Gasteiger partial charge in [-0.3, -0.25) is 0 Å². The largest absolute Gasteiger partial charge is 1.00 e. The first kappa shape index (κ1) is 7.88. The van der Waals surface area contributed by atoms with Gasteiger partial charge in [0.1, 0.15) is 0 Å². The van der Waals surface area contributed by atoms with Crippen LogP contribution in [0.3, 0.4) is 0 Å². The summed E-state index contributed by atoms with van der Waals surface area (Å²) in [7, 11) is 0. The van der Waals surface area contributed by atoms with Crippen LogP contribution in [0.2, 0.25) is 10.0 Å². The molecule has 5 heteroatoms. The Labute approximate surface area is 146 Å². The summed E-state index contributed by atoms with van der Waals surface area (Å²) >= 11 is 12.3. The van der Waals surface area contributed by atoms with E-state index in [1.807, 2.05) is 4.90 Å². The van der Waals surface area contributed by atoms with E-state index < -0.39 is 30.2 Å². The van der Waals surface area contributed by atoms with Crippen molar-refractivity contribution in [2.45, 2.75) is 12.7 Å². The predicted octanol–water partition coefficient (Wildman–Crippen LogP) is 0.428. The zero-order valence-corrected chi connectivity index (χ0v) is 13.2. The van der Waals surface area contributed by atoms with Crippen molar-refractivity contribution in [3.05, 3.63) is 28.2 Å². The number of nitrogens with zero attached hydrogens (tertiary/aromatic N) is 2. The Balaban J connectivity index is 0.00000261. The number of hydrogen-bond acceptors (Lipinski definition) is 1. The fourth-order valence-corrected chi connectivity index (χ4v) is 2.72. The Morgan fingerprint density at radius 1 is 1.11 bits per heavy atom. The number of anilines is 1. The van der Waals surface area contributed by atoms with E-state index in [2.05, 4.69) is 0 Å². The van der Waals surface area contributed by atoms with Crippen molar-refractivity contribution in [1.82, 2.24) is 0 Å². The average molecular weight is 374 g/mol. The molecule has 2 nitrogen and oxygen atoms in total. The van der Waals surface area contributed by atoms with E-state index in [0.29, 0.717) is 15.7 Å². The van der Waals surface area contributed by atoms with E-state index in [4.69, 9.17) is 34.2 Å². The van der Waals surface area contributed by atoms with E-state index >= 15 is 0 Å². The van der Waals surface area contributed by atoms with Crippen LogP contribution in [-0.4, -0.2) is 43.7 Å². The van der Waals surface area contributed by atoms with Gasteiger partial charge in [0.05, 0.1) is 60.4 Å². The summed E-state index contributed by atoms with van der Waals surface area (Å²) in [5, 5.41) is 0.721. The third-order valence-electron chi connectivity index (χ3n) is 3.38. The van der Waals surface area contributed by atoms with E-state index in [9.17, 15) is 0 Å². The summed E-state index contributed by atoms with van der Waals surface area (Å²) in [5.41, 5.74) is 0.642. The Morgan fingerprint density at radius 3 is 2.37 bits per heavy atom. The first-order valence-corrected chi connectivity index (χ1v) is 6.56. The molecule has 106 valence electrons. The molecule has 0 amide bonds. The highest BCUT2D eigenvalue weighted by Crippen LogP contribution is 2.34. The molecule has 0 aromatic heterocycles. The SMILES string of the molecule is [2H]C1([2H])C([2H])([2H])C([2H])([2H])[N+]2(CCN(c3cccc(Cl)c3Cl)CC2)C1([2H])[2H].[Br-]. The van der Waals surface area contributed by atoms with Crippen LogP contribution in [0.15, 0.2) is 18.2 Å². The lowest BCUT2D eigenvalue weighted by Crippen LogP contribution is -3.00. The van der Waals surface area contributed by atoms with Gasteiger partial charge in [-0.2, -0.15) is 0 Å². The topological polar surface area (TPSA) is 3.24 Å². The van der Waals surface area contributed by atoms with Crippen LogP contribution in [0.1, 0.15) is 23.7 Å². The number of piperazine rings is 1. The summed E-state index contributed by atoms with van der Waals surface area (Å²) in [4.78, 5) is 1.84. The van der Waals surface area contributed by atoms with E-state index in [1.165, 1.54) is 0 Å². The quantitative estimate of drug-likeness (QED) is 0.645. The molecule has 2 aliphatic heterocycles. The summed E-state index contributed by atoms with van der Waals surface area (Å²) < 4.78 is 64.3.